The van der Waals surface area contributed by atoms with Crippen LogP contribution in [0, 0.1) is 6.92 Å². The number of rotatable bonds is 3. The number of anilines is 1. The van der Waals surface area contributed by atoms with Crippen molar-refractivity contribution in [2.45, 2.75) is 32.7 Å². The molecule has 0 bridgehead atoms. The minimum atomic E-state index is 0.366. The Balaban J connectivity index is 1.92. The number of nitrogen functional groups attached to an aromatic ring is 1. The van der Waals surface area contributed by atoms with E-state index < -0.39 is 0 Å². The molecule has 19 heavy (non-hydrogen) atoms. The maximum Gasteiger partial charge on any atom is 0.201 e. The molecule has 1 aliphatic heterocycles. The lowest BCUT2D eigenvalue weighted by atomic mass is 10.2. The van der Waals surface area contributed by atoms with Gasteiger partial charge < -0.3 is 15.2 Å². The monoisotopic (exact) mass is 258 g/mol. The number of nitrogens with zero attached hydrogens (tertiary/aromatic N) is 3. The Bertz CT molecular complexity index is 581. The van der Waals surface area contributed by atoms with Crippen LogP contribution in [-0.4, -0.2) is 34.1 Å². The Labute approximate surface area is 114 Å². The standard InChI is InChI=1S/C15H22N4/c1-11-5-6-14-13(9-11)17-15(16)19(14)12(2)10-18-7-3-4-8-18/h5-6,9,12H,3-4,7-8,10H2,1-2H3,(H2,16,17). The number of benzene rings is 1. The lowest BCUT2D eigenvalue weighted by molar-refractivity contribution is 0.291. The zero-order valence-electron chi connectivity index (χ0n) is 11.8. The van der Waals surface area contributed by atoms with Crippen LogP contribution in [0.4, 0.5) is 5.95 Å². The smallest absolute Gasteiger partial charge is 0.201 e. The summed E-state index contributed by atoms with van der Waals surface area (Å²) in [6.07, 6.45) is 2.65. The van der Waals surface area contributed by atoms with Crippen molar-refractivity contribution >= 4 is 17.0 Å². The van der Waals surface area contributed by atoms with Crippen LogP contribution in [0.25, 0.3) is 11.0 Å². The van der Waals surface area contributed by atoms with Gasteiger partial charge >= 0.3 is 0 Å². The van der Waals surface area contributed by atoms with Gasteiger partial charge in [-0.2, -0.15) is 0 Å². The normalized spacial score (nSPS) is 18.2. The summed E-state index contributed by atoms with van der Waals surface area (Å²) in [6, 6.07) is 6.73. The van der Waals surface area contributed by atoms with Gasteiger partial charge in [-0.15, -0.1) is 0 Å². The van der Waals surface area contributed by atoms with Crippen LogP contribution in [0.2, 0.25) is 0 Å². The van der Waals surface area contributed by atoms with Gasteiger partial charge in [0.1, 0.15) is 0 Å². The number of aromatic nitrogens is 2. The van der Waals surface area contributed by atoms with Crippen LogP contribution >= 0.6 is 0 Å². The summed E-state index contributed by atoms with van der Waals surface area (Å²) in [5.41, 5.74) is 9.49. The van der Waals surface area contributed by atoms with Gasteiger partial charge in [-0.25, -0.2) is 4.98 Å². The Morgan fingerprint density at radius 2 is 2.05 bits per heavy atom. The highest BCUT2D eigenvalue weighted by molar-refractivity contribution is 5.79. The third kappa shape index (κ3) is 2.32. The van der Waals surface area contributed by atoms with Crippen LogP contribution in [0.5, 0.6) is 0 Å². The highest BCUT2D eigenvalue weighted by Crippen LogP contribution is 2.25. The van der Waals surface area contributed by atoms with Crippen molar-refractivity contribution in [1.82, 2.24) is 14.5 Å². The Morgan fingerprint density at radius 3 is 2.79 bits per heavy atom. The van der Waals surface area contributed by atoms with E-state index in [4.69, 9.17) is 5.73 Å². The van der Waals surface area contributed by atoms with E-state index in [9.17, 15) is 0 Å². The summed E-state index contributed by atoms with van der Waals surface area (Å²) >= 11 is 0. The number of likely N-dealkylation sites (tertiary alicyclic amines) is 1. The molecule has 0 spiro atoms. The van der Waals surface area contributed by atoms with Crippen molar-refractivity contribution in [3.8, 4) is 0 Å². The first-order valence-electron chi connectivity index (χ1n) is 7.11. The molecule has 1 aromatic heterocycles. The van der Waals surface area contributed by atoms with Crippen LogP contribution in [-0.2, 0) is 0 Å². The Hall–Kier alpha value is -1.55. The van der Waals surface area contributed by atoms with Gasteiger partial charge in [-0.1, -0.05) is 6.07 Å². The van der Waals surface area contributed by atoms with Crippen molar-refractivity contribution in [3.63, 3.8) is 0 Å². The maximum absolute atomic E-state index is 6.11. The van der Waals surface area contributed by atoms with Gasteiger partial charge in [0.05, 0.1) is 11.0 Å². The predicted octanol–water partition coefficient (Wildman–Crippen LogP) is 2.58. The zero-order valence-corrected chi connectivity index (χ0v) is 11.8. The number of imidazole rings is 1. The average Bonchev–Trinajstić information content (AvgIpc) is 2.95. The molecule has 0 aliphatic carbocycles. The van der Waals surface area contributed by atoms with Crippen molar-refractivity contribution in [3.05, 3.63) is 23.8 Å². The average molecular weight is 258 g/mol. The molecule has 2 aromatic rings. The van der Waals surface area contributed by atoms with E-state index in [0.29, 0.717) is 12.0 Å². The fourth-order valence-electron chi connectivity index (χ4n) is 3.11. The molecular weight excluding hydrogens is 236 g/mol. The number of hydrogen-bond donors (Lipinski definition) is 1. The minimum Gasteiger partial charge on any atom is -0.369 e. The third-order valence-electron chi connectivity index (χ3n) is 4.03. The molecule has 2 N–H and O–H groups in total. The van der Waals surface area contributed by atoms with E-state index in [-0.39, 0.29) is 0 Å². The van der Waals surface area contributed by atoms with E-state index in [2.05, 4.69) is 46.5 Å². The van der Waals surface area contributed by atoms with Gasteiger partial charge in [0.15, 0.2) is 0 Å². The van der Waals surface area contributed by atoms with Crippen LogP contribution < -0.4 is 5.73 Å². The van der Waals surface area contributed by atoms with Crippen LogP contribution in [0.15, 0.2) is 18.2 Å². The largest absolute Gasteiger partial charge is 0.369 e. The van der Waals surface area contributed by atoms with Crippen LogP contribution in [0.3, 0.4) is 0 Å². The maximum atomic E-state index is 6.11. The van der Waals surface area contributed by atoms with E-state index in [0.717, 1.165) is 17.6 Å². The summed E-state index contributed by atoms with van der Waals surface area (Å²) in [5.74, 6) is 0.632. The molecule has 1 aliphatic rings. The number of nitrogens with two attached hydrogens (primary N) is 1. The number of fused-ring (bicyclic) bond motifs is 1. The molecule has 0 radical (unpaired) electrons. The van der Waals surface area contributed by atoms with Crippen molar-refractivity contribution in [2.24, 2.45) is 0 Å². The fourth-order valence-corrected chi connectivity index (χ4v) is 3.11. The topological polar surface area (TPSA) is 47.1 Å². The van der Waals surface area contributed by atoms with E-state index in [1.165, 1.54) is 31.5 Å². The van der Waals surface area contributed by atoms with Gasteiger partial charge in [0.25, 0.3) is 0 Å². The molecule has 102 valence electrons. The van der Waals surface area contributed by atoms with Crippen molar-refractivity contribution < 1.29 is 0 Å². The highest BCUT2D eigenvalue weighted by atomic mass is 15.2. The quantitative estimate of drug-likeness (QED) is 0.920. The fraction of sp³-hybridized carbons (Fsp3) is 0.533. The summed E-state index contributed by atoms with van der Waals surface area (Å²) in [4.78, 5) is 7.01. The predicted molar refractivity (Wildman–Crippen MR) is 79.3 cm³/mol. The summed E-state index contributed by atoms with van der Waals surface area (Å²) in [6.45, 7) is 7.81. The lowest BCUT2D eigenvalue weighted by Crippen LogP contribution is -2.27. The van der Waals surface area contributed by atoms with Crippen LogP contribution in [0.1, 0.15) is 31.4 Å². The summed E-state index contributed by atoms with van der Waals surface area (Å²) in [7, 11) is 0. The first kappa shape index (κ1) is 12.5. The summed E-state index contributed by atoms with van der Waals surface area (Å²) < 4.78 is 2.17. The SMILES string of the molecule is Cc1ccc2c(c1)nc(N)n2C(C)CN1CCCC1. The molecule has 0 amide bonds. The number of hydrogen-bond acceptors (Lipinski definition) is 3. The van der Waals surface area contributed by atoms with E-state index in [1.54, 1.807) is 0 Å². The van der Waals surface area contributed by atoms with Gasteiger partial charge in [0.2, 0.25) is 5.95 Å². The molecule has 4 heteroatoms. The van der Waals surface area contributed by atoms with E-state index >= 15 is 0 Å². The molecule has 1 unspecified atom stereocenters. The third-order valence-corrected chi connectivity index (χ3v) is 4.03. The van der Waals surface area contributed by atoms with E-state index in [1.807, 2.05) is 0 Å². The van der Waals surface area contributed by atoms with Crippen molar-refractivity contribution in [2.75, 3.05) is 25.4 Å². The molecule has 1 saturated heterocycles. The second-order valence-electron chi connectivity index (χ2n) is 5.69. The molecular formula is C15H22N4. The molecule has 1 aromatic carbocycles. The van der Waals surface area contributed by atoms with Gasteiger partial charge in [0, 0.05) is 12.6 Å². The zero-order chi connectivity index (χ0) is 13.4. The minimum absolute atomic E-state index is 0.366. The van der Waals surface area contributed by atoms with Crippen molar-refractivity contribution in [1.29, 1.82) is 0 Å². The molecule has 2 heterocycles. The molecule has 1 atom stereocenters. The first-order valence-corrected chi connectivity index (χ1v) is 7.11. The number of aryl methyl sites for hydroxylation is 1. The second-order valence-corrected chi connectivity index (χ2v) is 5.69. The first-order chi connectivity index (χ1) is 9.15. The van der Waals surface area contributed by atoms with Gasteiger partial charge in [-0.05, 0) is 57.5 Å². The second kappa shape index (κ2) is 4.85. The summed E-state index contributed by atoms with van der Waals surface area (Å²) in [5, 5.41) is 0. The Morgan fingerprint density at radius 1 is 1.32 bits per heavy atom. The lowest BCUT2D eigenvalue weighted by Gasteiger charge is -2.22. The molecule has 0 saturated carbocycles. The molecule has 4 nitrogen and oxygen atoms in total. The molecule has 3 rings (SSSR count). The van der Waals surface area contributed by atoms with Gasteiger partial charge in [-0.3, -0.25) is 0 Å². The Kier molecular flexibility index (Phi) is 3.19. The highest BCUT2D eigenvalue weighted by Gasteiger charge is 2.19. The molecule has 1 fully saturated rings.